The molecule has 28 heavy (non-hydrogen) atoms. The molecule has 6 heteroatoms. The number of hydrogen-bond donors (Lipinski definition) is 0. The molecule has 1 aromatic heterocycles. The third-order valence-corrected chi connectivity index (χ3v) is 4.47. The van der Waals surface area contributed by atoms with Gasteiger partial charge < -0.3 is 4.74 Å². The average Bonchev–Trinajstić information content (AvgIpc) is 3.20. The lowest BCUT2D eigenvalue weighted by atomic mass is 10.1. The average molecular weight is 371 g/mol. The Bertz CT molecular complexity index is 1100. The van der Waals surface area contributed by atoms with Gasteiger partial charge in [-0.3, -0.25) is 10.1 Å². The minimum atomic E-state index is -0.408. The van der Waals surface area contributed by atoms with Crippen LogP contribution in [0.25, 0.3) is 28.2 Å². The molecule has 0 aliphatic carbocycles. The van der Waals surface area contributed by atoms with Crippen LogP contribution in [0.2, 0.25) is 0 Å². The maximum Gasteiger partial charge on any atom is 0.269 e. The van der Waals surface area contributed by atoms with Gasteiger partial charge in [0, 0.05) is 23.3 Å². The zero-order chi connectivity index (χ0) is 19.5. The number of aromatic nitrogens is 2. The molecule has 1 heterocycles. The van der Waals surface area contributed by atoms with Crippen LogP contribution in [0, 0.1) is 10.1 Å². The number of rotatable bonds is 5. The van der Waals surface area contributed by atoms with E-state index in [4.69, 9.17) is 9.84 Å². The normalized spacial score (nSPS) is 10.6. The van der Waals surface area contributed by atoms with E-state index in [1.54, 1.807) is 19.2 Å². The summed E-state index contributed by atoms with van der Waals surface area (Å²) in [7, 11) is 1.63. The number of nitro groups is 1. The predicted octanol–water partition coefficient (Wildman–Crippen LogP) is 5.12. The van der Waals surface area contributed by atoms with Gasteiger partial charge in [-0.25, -0.2) is 4.68 Å². The second-order valence-corrected chi connectivity index (χ2v) is 6.19. The largest absolute Gasteiger partial charge is 0.497 e. The zero-order valence-electron chi connectivity index (χ0n) is 15.1. The van der Waals surface area contributed by atoms with E-state index in [0.29, 0.717) is 0 Å². The molecular formula is C22H17N3O3. The van der Waals surface area contributed by atoms with Gasteiger partial charge in [-0.2, -0.15) is 5.10 Å². The molecule has 0 aliphatic rings. The molecule has 0 spiro atoms. The molecule has 0 fully saturated rings. The molecule has 0 aliphatic heterocycles. The van der Waals surface area contributed by atoms with Gasteiger partial charge in [-0.15, -0.1) is 0 Å². The van der Waals surface area contributed by atoms with Crippen molar-refractivity contribution < 1.29 is 9.66 Å². The van der Waals surface area contributed by atoms with Gasteiger partial charge in [0.2, 0.25) is 0 Å². The number of hydrogen-bond acceptors (Lipinski definition) is 4. The van der Waals surface area contributed by atoms with Crippen LogP contribution < -0.4 is 4.74 Å². The van der Waals surface area contributed by atoms with Crippen LogP contribution in [-0.2, 0) is 0 Å². The smallest absolute Gasteiger partial charge is 0.269 e. The molecule has 6 nitrogen and oxygen atoms in total. The van der Waals surface area contributed by atoms with Crippen molar-refractivity contribution in [2.24, 2.45) is 0 Å². The van der Waals surface area contributed by atoms with Gasteiger partial charge in [0.05, 0.1) is 29.1 Å². The predicted molar refractivity (Wildman–Crippen MR) is 108 cm³/mol. The van der Waals surface area contributed by atoms with E-state index in [9.17, 15) is 10.1 Å². The molecule has 0 atom stereocenters. The molecule has 4 rings (SSSR count). The Hall–Kier alpha value is -3.93. The highest BCUT2D eigenvalue weighted by Gasteiger charge is 2.14. The molecule has 3 aromatic carbocycles. The van der Waals surface area contributed by atoms with Crippen molar-refractivity contribution in [3.63, 3.8) is 0 Å². The van der Waals surface area contributed by atoms with Crippen molar-refractivity contribution in [3.05, 3.63) is 95.0 Å². The van der Waals surface area contributed by atoms with Gasteiger partial charge in [-0.1, -0.05) is 30.3 Å². The maximum atomic E-state index is 10.9. The van der Waals surface area contributed by atoms with Crippen LogP contribution >= 0.6 is 0 Å². The summed E-state index contributed by atoms with van der Waals surface area (Å²) in [5.41, 5.74) is 4.46. The lowest BCUT2D eigenvalue weighted by Crippen LogP contribution is -1.99. The fraction of sp³-hybridized carbons (Fsp3) is 0.0455. The SMILES string of the molecule is COc1ccc(-n2nc(-c3ccc([N+](=O)[O-])cc3)cc2-c2ccccc2)cc1. The van der Waals surface area contributed by atoms with E-state index >= 15 is 0 Å². The van der Waals surface area contributed by atoms with Gasteiger partial charge >= 0.3 is 0 Å². The monoisotopic (exact) mass is 371 g/mol. The molecule has 0 N–H and O–H groups in total. The third kappa shape index (κ3) is 3.35. The van der Waals surface area contributed by atoms with E-state index in [-0.39, 0.29) is 5.69 Å². The second kappa shape index (κ2) is 7.36. The van der Waals surface area contributed by atoms with Crippen molar-refractivity contribution >= 4 is 5.69 Å². The maximum absolute atomic E-state index is 10.9. The molecule has 0 radical (unpaired) electrons. The topological polar surface area (TPSA) is 70.2 Å². The number of ether oxygens (including phenoxy) is 1. The molecule has 0 saturated heterocycles. The van der Waals surface area contributed by atoms with Crippen LogP contribution in [0.5, 0.6) is 5.75 Å². The van der Waals surface area contributed by atoms with E-state index in [2.05, 4.69) is 0 Å². The zero-order valence-corrected chi connectivity index (χ0v) is 15.1. The first-order chi connectivity index (χ1) is 13.7. The molecule has 0 bridgehead atoms. The summed E-state index contributed by atoms with van der Waals surface area (Å²) in [6, 6.07) is 26.0. The van der Waals surface area contributed by atoms with Gasteiger partial charge in [0.15, 0.2) is 0 Å². The number of benzene rings is 3. The Labute approximate surface area is 161 Å². The van der Waals surface area contributed by atoms with Crippen molar-refractivity contribution in [2.75, 3.05) is 7.11 Å². The highest BCUT2D eigenvalue weighted by molar-refractivity contribution is 5.71. The summed E-state index contributed by atoms with van der Waals surface area (Å²) in [4.78, 5) is 10.5. The Morgan fingerprint density at radius 3 is 2.18 bits per heavy atom. The van der Waals surface area contributed by atoms with Crippen molar-refractivity contribution in [2.45, 2.75) is 0 Å². The summed E-state index contributed by atoms with van der Waals surface area (Å²) in [5.74, 6) is 0.771. The van der Waals surface area contributed by atoms with E-state index in [1.165, 1.54) is 12.1 Å². The van der Waals surface area contributed by atoms with Gasteiger partial charge in [-0.05, 0) is 42.5 Å². The van der Waals surface area contributed by atoms with Crippen LogP contribution in [-0.4, -0.2) is 21.8 Å². The molecule has 138 valence electrons. The summed E-state index contributed by atoms with van der Waals surface area (Å²) in [5, 5.41) is 15.7. The second-order valence-electron chi connectivity index (χ2n) is 6.19. The first-order valence-electron chi connectivity index (χ1n) is 8.70. The lowest BCUT2D eigenvalue weighted by molar-refractivity contribution is -0.384. The van der Waals surface area contributed by atoms with E-state index < -0.39 is 4.92 Å². The van der Waals surface area contributed by atoms with Crippen LogP contribution in [0.3, 0.4) is 0 Å². The number of non-ortho nitro benzene ring substituents is 1. The number of nitro benzene ring substituents is 1. The highest BCUT2D eigenvalue weighted by Crippen LogP contribution is 2.30. The first-order valence-corrected chi connectivity index (χ1v) is 8.70. The minimum absolute atomic E-state index is 0.0571. The fourth-order valence-electron chi connectivity index (χ4n) is 3.01. The van der Waals surface area contributed by atoms with Crippen LogP contribution in [0.4, 0.5) is 5.69 Å². The van der Waals surface area contributed by atoms with Crippen molar-refractivity contribution in [3.8, 4) is 34.0 Å². The molecular weight excluding hydrogens is 354 g/mol. The van der Waals surface area contributed by atoms with Crippen molar-refractivity contribution in [1.29, 1.82) is 0 Å². The van der Waals surface area contributed by atoms with E-state index in [1.807, 2.05) is 65.3 Å². The third-order valence-electron chi connectivity index (χ3n) is 4.47. The Balaban J connectivity index is 1.83. The summed E-state index contributed by atoms with van der Waals surface area (Å²) in [6.45, 7) is 0. The minimum Gasteiger partial charge on any atom is -0.497 e. The molecule has 0 saturated carbocycles. The number of methoxy groups -OCH3 is 1. The summed E-state index contributed by atoms with van der Waals surface area (Å²) in [6.07, 6.45) is 0. The lowest BCUT2D eigenvalue weighted by Gasteiger charge is -2.08. The van der Waals surface area contributed by atoms with Gasteiger partial charge in [0.25, 0.3) is 5.69 Å². The molecule has 0 unspecified atom stereocenters. The summed E-state index contributed by atoms with van der Waals surface area (Å²) < 4.78 is 7.11. The fourth-order valence-corrected chi connectivity index (χ4v) is 3.01. The first kappa shape index (κ1) is 17.5. The van der Waals surface area contributed by atoms with E-state index in [0.717, 1.165) is 34.0 Å². The standard InChI is InChI=1S/C22H17N3O3/c1-28-20-13-11-18(12-14-20)24-22(17-5-3-2-4-6-17)15-21(23-24)16-7-9-19(10-8-16)25(26)27/h2-15H,1H3. The Morgan fingerprint density at radius 1 is 0.893 bits per heavy atom. The van der Waals surface area contributed by atoms with Crippen LogP contribution in [0.15, 0.2) is 84.9 Å². The summed E-state index contributed by atoms with van der Waals surface area (Å²) >= 11 is 0. The molecule has 0 amide bonds. The Kier molecular flexibility index (Phi) is 4.60. The quantitative estimate of drug-likeness (QED) is 0.360. The number of nitrogens with zero attached hydrogens (tertiary/aromatic N) is 3. The highest BCUT2D eigenvalue weighted by atomic mass is 16.6. The van der Waals surface area contributed by atoms with Gasteiger partial charge in [0.1, 0.15) is 5.75 Å². The van der Waals surface area contributed by atoms with Crippen molar-refractivity contribution in [1.82, 2.24) is 9.78 Å². The molecule has 4 aromatic rings. The Morgan fingerprint density at radius 2 is 1.57 bits per heavy atom. The van der Waals surface area contributed by atoms with Crippen LogP contribution in [0.1, 0.15) is 0 Å².